The molecule has 19 heavy (non-hydrogen) atoms. The molecule has 0 aliphatic heterocycles. The number of hydrogen-bond acceptors (Lipinski definition) is 4. The first-order valence-electron chi connectivity index (χ1n) is 5.74. The van der Waals surface area contributed by atoms with Crippen LogP contribution in [0.3, 0.4) is 0 Å². The van der Waals surface area contributed by atoms with Crippen LogP contribution >= 0.6 is 15.9 Å². The highest BCUT2D eigenvalue weighted by Crippen LogP contribution is 2.30. The topological polar surface area (TPSA) is 75.3 Å². The summed E-state index contributed by atoms with van der Waals surface area (Å²) in [6, 6.07) is 0. The molecule has 106 valence electrons. The minimum absolute atomic E-state index is 0.496. The lowest BCUT2D eigenvalue weighted by Gasteiger charge is -2.34. The Morgan fingerprint density at radius 2 is 2.05 bits per heavy atom. The van der Waals surface area contributed by atoms with E-state index >= 15 is 0 Å². The number of nitrogens with one attached hydrogen (secondary N) is 1. The van der Waals surface area contributed by atoms with Gasteiger partial charge < -0.3 is 9.53 Å². The molecular weight excluding hydrogens is 314 g/mol. The fraction of sp³-hybridized carbons (Fsp3) is 0.583. The van der Waals surface area contributed by atoms with Gasteiger partial charge in [0.2, 0.25) is 0 Å². The molecule has 0 spiro atoms. The maximum atomic E-state index is 12.1. The van der Waals surface area contributed by atoms with E-state index in [1.165, 1.54) is 18.1 Å². The quantitative estimate of drug-likeness (QED) is 0.863. The van der Waals surface area contributed by atoms with E-state index in [1.54, 1.807) is 27.7 Å². The zero-order chi connectivity index (χ0) is 14.8. The van der Waals surface area contributed by atoms with Gasteiger partial charge in [-0.05, 0) is 43.6 Å². The molecule has 0 aromatic carbocycles. The summed E-state index contributed by atoms with van der Waals surface area (Å²) < 4.78 is 5.89. The second-order valence-electron chi connectivity index (χ2n) is 5.40. The molecule has 1 heterocycles. The third kappa shape index (κ3) is 3.34. The van der Waals surface area contributed by atoms with Crippen LogP contribution in [0.2, 0.25) is 0 Å². The van der Waals surface area contributed by atoms with Gasteiger partial charge in [0, 0.05) is 7.05 Å². The van der Waals surface area contributed by atoms with Gasteiger partial charge >= 0.3 is 6.09 Å². The van der Waals surface area contributed by atoms with Gasteiger partial charge in [-0.2, -0.15) is 5.10 Å². The third-order valence-electron chi connectivity index (χ3n) is 2.69. The maximum absolute atomic E-state index is 12.1. The summed E-state index contributed by atoms with van der Waals surface area (Å²) in [6.45, 7) is 6.91. The molecule has 0 saturated heterocycles. The Balaban J connectivity index is 3.06. The van der Waals surface area contributed by atoms with Crippen molar-refractivity contribution in [2.45, 2.75) is 38.8 Å². The lowest BCUT2D eigenvalue weighted by molar-refractivity contribution is -0.117. The number of aromatic amines is 1. The fourth-order valence-corrected chi connectivity index (χ4v) is 2.04. The number of carbonyl (C=O) groups is 2. The number of aromatic nitrogens is 2. The van der Waals surface area contributed by atoms with E-state index in [0.29, 0.717) is 16.5 Å². The molecule has 7 heteroatoms. The van der Waals surface area contributed by atoms with Gasteiger partial charge in [0.25, 0.3) is 0 Å². The number of aldehydes is 1. The van der Waals surface area contributed by atoms with Crippen LogP contribution in [0, 0.1) is 0 Å². The number of amides is 1. The monoisotopic (exact) mass is 331 g/mol. The third-order valence-corrected chi connectivity index (χ3v) is 3.29. The Labute approximate surface area is 120 Å². The van der Waals surface area contributed by atoms with Crippen LogP contribution in [0.25, 0.3) is 0 Å². The van der Waals surface area contributed by atoms with Crippen molar-refractivity contribution in [3.63, 3.8) is 0 Å². The second-order valence-corrected chi connectivity index (χ2v) is 6.25. The first-order chi connectivity index (χ1) is 8.62. The van der Waals surface area contributed by atoms with E-state index in [4.69, 9.17) is 4.74 Å². The van der Waals surface area contributed by atoms with Gasteiger partial charge in [0.05, 0.1) is 16.4 Å². The number of rotatable bonds is 3. The Morgan fingerprint density at radius 1 is 1.47 bits per heavy atom. The van der Waals surface area contributed by atoms with Gasteiger partial charge in [0.15, 0.2) is 6.29 Å². The molecule has 0 aliphatic rings. The zero-order valence-electron chi connectivity index (χ0n) is 11.7. The van der Waals surface area contributed by atoms with Gasteiger partial charge in [0.1, 0.15) is 11.1 Å². The van der Waals surface area contributed by atoms with Crippen molar-refractivity contribution < 1.29 is 14.3 Å². The van der Waals surface area contributed by atoms with E-state index in [0.717, 1.165) is 0 Å². The number of carbonyl (C=O) groups excluding carboxylic acids is 2. The van der Waals surface area contributed by atoms with Crippen LogP contribution in [0.5, 0.6) is 0 Å². The Bertz CT molecular complexity index is 481. The minimum atomic E-state index is -1.18. The predicted molar refractivity (Wildman–Crippen MR) is 73.7 cm³/mol. The average molecular weight is 332 g/mol. The Kier molecular flexibility index (Phi) is 4.39. The van der Waals surface area contributed by atoms with E-state index in [2.05, 4.69) is 26.1 Å². The standard InChI is InChI=1S/C12H18BrN3O3/c1-11(2,3)19-10(18)16(5)12(4,7-17)9-8(13)6-14-15-9/h6-7H,1-5H3,(H,14,15). The summed E-state index contributed by atoms with van der Waals surface area (Å²) in [5.41, 5.74) is -1.31. The first kappa shape index (κ1) is 15.7. The summed E-state index contributed by atoms with van der Waals surface area (Å²) in [7, 11) is 1.51. The van der Waals surface area contributed by atoms with E-state index in [9.17, 15) is 9.59 Å². The Morgan fingerprint density at radius 3 is 2.42 bits per heavy atom. The van der Waals surface area contributed by atoms with Gasteiger partial charge in [-0.25, -0.2) is 4.79 Å². The van der Waals surface area contributed by atoms with E-state index in [-0.39, 0.29) is 0 Å². The van der Waals surface area contributed by atoms with Crippen molar-refractivity contribution >= 4 is 28.3 Å². The second kappa shape index (κ2) is 5.32. The summed E-state index contributed by atoms with van der Waals surface area (Å²) in [4.78, 5) is 24.8. The van der Waals surface area contributed by atoms with Crippen LogP contribution in [0.1, 0.15) is 33.4 Å². The molecule has 1 atom stereocenters. The maximum Gasteiger partial charge on any atom is 0.411 e. The number of halogens is 1. The molecule has 1 N–H and O–H groups in total. The largest absolute Gasteiger partial charge is 0.444 e. The van der Waals surface area contributed by atoms with Crippen molar-refractivity contribution in [1.29, 1.82) is 0 Å². The molecule has 1 rings (SSSR count). The average Bonchev–Trinajstić information content (AvgIpc) is 2.71. The highest BCUT2D eigenvalue weighted by Gasteiger charge is 2.39. The fourth-order valence-electron chi connectivity index (χ4n) is 1.45. The molecule has 0 saturated carbocycles. The normalized spacial score (nSPS) is 14.6. The van der Waals surface area contributed by atoms with Gasteiger partial charge in [-0.3, -0.25) is 10.00 Å². The molecule has 0 bridgehead atoms. The molecule has 0 aliphatic carbocycles. The van der Waals surface area contributed by atoms with Crippen LogP contribution in [0.4, 0.5) is 4.79 Å². The lowest BCUT2D eigenvalue weighted by atomic mass is 9.98. The van der Waals surface area contributed by atoms with Crippen LogP contribution in [0.15, 0.2) is 10.7 Å². The molecule has 0 fully saturated rings. The molecular formula is C12H18BrN3O3. The van der Waals surface area contributed by atoms with Crippen molar-refractivity contribution in [1.82, 2.24) is 15.1 Å². The molecule has 0 radical (unpaired) electrons. The number of ether oxygens (including phenoxy) is 1. The van der Waals surface area contributed by atoms with Crippen molar-refractivity contribution in [2.24, 2.45) is 0 Å². The Hall–Kier alpha value is -1.37. The highest BCUT2D eigenvalue weighted by molar-refractivity contribution is 9.10. The zero-order valence-corrected chi connectivity index (χ0v) is 13.2. The summed E-state index contributed by atoms with van der Waals surface area (Å²) >= 11 is 3.29. The van der Waals surface area contributed by atoms with Crippen LogP contribution in [-0.2, 0) is 15.1 Å². The number of hydrogen-bond donors (Lipinski definition) is 1. The summed E-state index contributed by atoms with van der Waals surface area (Å²) in [6.07, 6.45) is 1.62. The predicted octanol–water partition coefficient (Wildman–Crippen LogP) is 2.45. The number of likely N-dealkylation sites (N-methyl/N-ethyl adjacent to an activating group) is 1. The minimum Gasteiger partial charge on any atom is -0.444 e. The molecule has 1 aromatic rings. The van der Waals surface area contributed by atoms with Crippen LogP contribution < -0.4 is 0 Å². The van der Waals surface area contributed by atoms with Crippen LogP contribution in [-0.4, -0.2) is 40.1 Å². The molecule has 1 amide bonds. The summed E-state index contributed by atoms with van der Waals surface area (Å²) in [5, 5.41) is 6.56. The lowest BCUT2D eigenvalue weighted by Crippen LogP contribution is -2.48. The van der Waals surface area contributed by atoms with Crippen molar-refractivity contribution in [3.05, 3.63) is 16.4 Å². The van der Waals surface area contributed by atoms with Crippen molar-refractivity contribution in [2.75, 3.05) is 7.05 Å². The number of H-pyrrole nitrogens is 1. The van der Waals surface area contributed by atoms with Gasteiger partial charge in [-0.1, -0.05) is 0 Å². The van der Waals surface area contributed by atoms with E-state index < -0.39 is 17.2 Å². The SMILES string of the molecule is CN(C(=O)OC(C)(C)C)C(C)(C=O)c1[nH]ncc1Br. The van der Waals surface area contributed by atoms with Crippen molar-refractivity contribution in [3.8, 4) is 0 Å². The summed E-state index contributed by atoms with van der Waals surface area (Å²) in [5.74, 6) is 0. The first-order valence-corrected chi connectivity index (χ1v) is 6.53. The molecule has 1 unspecified atom stereocenters. The van der Waals surface area contributed by atoms with Gasteiger partial charge in [-0.15, -0.1) is 0 Å². The smallest absolute Gasteiger partial charge is 0.411 e. The molecule has 1 aromatic heterocycles. The molecule has 6 nitrogen and oxygen atoms in total. The highest BCUT2D eigenvalue weighted by atomic mass is 79.9. The van der Waals surface area contributed by atoms with E-state index in [1.807, 2.05) is 0 Å². The number of nitrogens with zero attached hydrogens (tertiary/aromatic N) is 2.